The highest BCUT2D eigenvalue weighted by Gasteiger charge is 2.12. The molecule has 3 aromatic rings. The standard InChI is InChI=1S/C23H24N4OS/c1-15-8-17(3)20(9-16(15)2)21-14-29-23(25-21)26-22(28)13-27(4)12-19-7-5-6-18(10-19)11-24/h5-10,14H,12-13H2,1-4H3,(H,25,26,28). The SMILES string of the molecule is Cc1cc(C)c(-c2csc(NC(=O)CN(C)Cc3cccc(C#N)c3)n2)cc1C. The van der Waals surface area contributed by atoms with Crippen LogP contribution in [0.1, 0.15) is 27.8 Å². The molecule has 0 fully saturated rings. The molecular weight excluding hydrogens is 380 g/mol. The Morgan fingerprint density at radius 3 is 2.69 bits per heavy atom. The van der Waals surface area contributed by atoms with Crippen LogP contribution in [-0.2, 0) is 11.3 Å². The van der Waals surface area contributed by atoms with Crippen LogP contribution in [0.4, 0.5) is 5.13 Å². The normalized spacial score (nSPS) is 10.8. The molecule has 1 N–H and O–H groups in total. The summed E-state index contributed by atoms with van der Waals surface area (Å²) in [6.07, 6.45) is 0. The number of nitrogens with zero attached hydrogens (tertiary/aromatic N) is 3. The van der Waals surface area contributed by atoms with Gasteiger partial charge in [0.15, 0.2) is 5.13 Å². The van der Waals surface area contributed by atoms with Gasteiger partial charge >= 0.3 is 0 Å². The van der Waals surface area contributed by atoms with Crippen LogP contribution in [0.3, 0.4) is 0 Å². The van der Waals surface area contributed by atoms with Crippen molar-refractivity contribution < 1.29 is 4.79 Å². The number of hydrogen-bond acceptors (Lipinski definition) is 5. The summed E-state index contributed by atoms with van der Waals surface area (Å²) in [5.74, 6) is -0.110. The first-order valence-electron chi connectivity index (χ1n) is 9.37. The van der Waals surface area contributed by atoms with Gasteiger partial charge in [0.2, 0.25) is 5.91 Å². The zero-order valence-corrected chi connectivity index (χ0v) is 17.9. The summed E-state index contributed by atoms with van der Waals surface area (Å²) < 4.78 is 0. The van der Waals surface area contributed by atoms with E-state index < -0.39 is 0 Å². The maximum Gasteiger partial charge on any atom is 0.240 e. The highest BCUT2D eigenvalue weighted by atomic mass is 32.1. The first-order chi connectivity index (χ1) is 13.9. The van der Waals surface area contributed by atoms with Crippen LogP contribution in [0.5, 0.6) is 0 Å². The van der Waals surface area contributed by atoms with Crippen molar-refractivity contribution in [3.8, 4) is 17.3 Å². The zero-order chi connectivity index (χ0) is 21.0. The summed E-state index contributed by atoms with van der Waals surface area (Å²) in [4.78, 5) is 18.9. The number of benzene rings is 2. The molecule has 1 aromatic heterocycles. The lowest BCUT2D eigenvalue weighted by Crippen LogP contribution is -2.29. The number of hydrogen-bond donors (Lipinski definition) is 1. The van der Waals surface area contributed by atoms with Crippen LogP contribution < -0.4 is 5.32 Å². The molecule has 0 aliphatic rings. The van der Waals surface area contributed by atoms with Crippen LogP contribution in [0.15, 0.2) is 41.8 Å². The predicted octanol–water partition coefficient (Wildman–Crippen LogP) is 4.68. The Labute approximate surface area is 175 Å². The number of aryl methyl sites for hydroxylation is 3. The van der Waals surface area contributed by atoms with E-state index in [2.05, 4.69) is 49.3 Å². The topological polar surface area (TPSA) is 69.0 Å². The number of carbonyl (C=O) groups excluding carboxylic acids is 1. The van der Waals surface area contributed by atoms with Crippen molar-refractivity contribution in [1.82, 2.24) is 9.88 Å². The number of anilines is 1. The maximum absolute atomic E-state index is 12.4. The molecule has 0 radical (unpaired) electrons. The Morgan fingerprint density at radius 2 is 1.93 bits per heavy atom. The van der Waals surface area contributed by atoms with Crippen molar-refractivity contribution in [2.75, 3.05) is 18.9 Å². The van der Waals surface area contributed by atoms with Crippen molar-refractivity contribution in [2.45, 2.75) is 27.3 Å². The molecule has 2 aromatic carbocycles. The van der Waals surface area contributed by atoms with Gasteiger partial charge in [0, 0.05) is 17.5 Å². The van der Waals surface area contributed by atoms with E-state index in [1.807, 2.05) is 35.5 Å². The van der Waals surface area contributed by atoms with Gasteiger partial charge in [-0.3, -0.25) is 9.69 Å². The Morgan fingerprint density at radius 1 is 1.17 bits per heavy atom. The number of nitrogens with one attached hydrogen (secondary N) is 1. The molecule has 3 rings (SSSR count). The van der Waals surface area contributed by atoms with Crippen molar-refractivity contribution in [3.63, 3.8) is 0 Å². The van der Waals surface area contributed by atoms with E-state index in [1.165, 1.54) is 28.0 Å². The van der Waals surface area contributed by atoms with Gasteiger partial charge in [-0.1, -0.05) is 18.2 Å². The second-order valence-electron chi connectivity index (χ2n) is 7.32. The third-order valence-electron chi connectivity index (χ3n) is 4.79. The van der Waals surface area contributed by atoms with Gasteiger partial charge in [0.1, 0.15) is 0 Å². The minimum absolute atomic E-state index is 0.110. The van der Waals surface area contributed by atoms with Gasteiger partial charge in [0.05, 0.1) is 23.9 Å². The van der Waals surface area contributed by atoms with Crippen molar-refractivity contribution in [2.24, 2.45) is 0 Å². The average Bonchev–Trinajstić information content (AvgIpc) is 3.12. The number of amides is 1. The second kappa shape index (κ2) is 8.99. The highest BCUT2D eigenvalue weighted by Crippen LogP contribution is 2.29. The maximum atomic E-state index is 12.4. The van der Waals surface area contributed by atoms with E-state index in [0.29, 0.717) is 17.2 Å². The number of nitriles is 1. The molecule has 0 bridgehead atoms. The minimum atomic E-state index is -0.110. The number of likely N-dealkylation sites (N-methyl/N-ethyl adjacent to an activating group) is 1. The number of thiazole rings is 1. The molecule has 0 aliphatic heterocycles. The predicted molar refractivity (Wildman–Crippen MR) is 118 cm³/mol. The third-order valence-corrected chi connectivity index (χ3v) is 5.55. The fraction of sp³-hybridized carbons (Fsp3) is 0.261. The zero-order valence-electron chi connectivity index (χ0n) is 17.1. The van der Waals surface area contributed by atoms with Crippen LogP contribution in [-0.4, -0.2) is 29.4 Å². The molecule has 148 valence electrons. The molecular formula is C23H24N4OS. The molecule has 1 heterocycles. The van der Waals surface area contributed by atoms with E-state index >= 15 is 0 Å². The third kappa shape index (κ3) is 5.29. The largest absolute Gasteiger partial charge is 0.301 e. The highest BCUT2D eigenvalue weighted by molar-refractivity contribution is 7.14. The number of carbonyl (C=O) groups is 1. The van der Waals surface area contributed by atoms with Gasteiger partial charge in [-0.05, 0) is 68.3 Å². The second-order valence-corrected chi connectivity index (χ2v) is 8.18. The van der Waals surface area contributed by atoms with E-state index in [1.54, 1.807) is 6.07 Å². The summed E-state index contributed by atoms with van der Waals surface area (Å²) in [5.41, 5.74) is 7.27. The minimum Gasteiger partial charge on any atom is -0.301 e. The molecule has 29 heavy (non-hydrogen) atoms. The van der Waals surface area contributed by atoms with Gasteiger partial charge in [-0.15, -0.1) is 11.3 Å². The summed E-state index contributed by atoms with van der Waals surface area (Å²) >= 11 is 1.43. The Balaban J connectivity index is 1.61. The first kappa shape index (κ1) is 20.7. The first-order valence-corrected chi connectivity index (χ1v) is 10.2. The lowest BCUT2D eigenvalue weighted by Gasteiger charge is -2.15. The van der Waals surface area contributed by atoms with Crippen LogP contribution in [0, 0.1) is 32.1 Å². The molecule has 0 spiro atoms. The molecule has 0 saturated carbocycles. The fourth-order valence-corrected chi connectivity index (χ4v) is 3.93. The number of rotatable bonds is 6. The van der Waals surface area contributed by atoms with Gasteiger partial charge in [0.25, 0.3) is 0 Å². The molecule has 1 amide bonds. The van der Waals surface area contributed by atoms with E-state index in [9.17, 15) is 4.79 Å². The Hall–Kier alpha value is -3.01. The Bertz CT molecular complexity index is 1080. The summed E-state index contributed by atoms with van der Waals surface area (Å²) in [7, 11) is 1.88. The quantitative estimate of drug-likeness (QED) is 0.648. The van der Waals surface area contributed by atoms with Crippen LogP contribution in [0.2, 0.25) is 0 Å². The van der Waals surface area contributed by atoms with E-state index in [0.717, 1.165) is 16.8 Å². The number of aromatic nitrogens is 1. The molecule has 6 heteroatoms. The Kier molecular flexibility index (Phi) is 6.42. The van der Waals surface area contributed by atoms with E-state index in [4.69, 9.17) is 5.26 Å². The van der Waals surface area contributed by atoms with Gasteiger partial charge in [-0.25, -0.2) is 4.98 Å². The fourth-order valence-electron chi connectivity index (χ4n) is 3.20. The molecule has 0 aliphatic carbocycles. The van der Waals surface area contributed by atoms with Gasteiger partial charge in [-0.2, -0.15) is 5.26 Å². The lowest BCUT2D eigenvalue weighted by atomic mass is 9.99. The summed E-state index contributed by atoms with van der Waals surface area (Å²) in [6, 6.07) is 13.9. The molecule has 5 nitrogen and oxygen atoms in total. The van der Waals surface area contributed by atoms with Crippen LogP contribution in [0.25, 0.3) is 11.3 Å². The smallest absolute Gasteiger partial charge is 0.240 e. The van der Waals surface area contributed by atoms with Gasteiger partial charge < -0.3 is 5.32 Å². The average molecular weight is 405 g/mol. The summed E-state index contributed by atoms with van der Waals surface area (Å²) in [6.45, 7) is 7.11. The lowest BCUT2D eigenvalue weighted by molar-refractivity contribution is -0.117. The summed E-state index contributed by atoms with van der Waals surface area (Å²) in [5, 5.41) is 14.5. The molecule has 0 atom stereocenters. The van der Waals surface area contributed by atoms with Crippen LogP contribution >= 0.6 is 11.3 Å². The molecule has 0 saturated heterocycles. The molecule has 0 unspecified atom stereocenters. The monoisotopic (exact) mass is 404 g/mol. The van der Waals surface area contributed by atoms with Crippen molar-refractivity contribution in [1.29, 1.82) is 5.26 Å². The van der Waals surface area contributed by atoms with E-state index in [-0.39, 0.29) is 12.5 Å². The van der Waals surface area contributed by atoms with Crippen molar-refractivity contribution >= 4 is 22.4 Å². The van der Waals surface area contributed by atoms with Crippen molar-refractivity contribution in [3.05, 3.63) is 69.6 Å².